The number of rotatable bonds is 4. The van der Waals surface area contributed by atoms with Gasteiger partial charge in [-0.3, -0.25) is 19.7 Å². The molecule has 2 rings (SSSR count). The van der Waals surface area contributed by atoms with Crippen LogP contribution in [0.2, 0.25) is 5.02 Å². The molecule has 6 nitrogen and oxygen atoms in total. The number of benzene rings is 1. The summed E-state index contributed by atoms with van der Waals surface area (Å²) in [4.78, 5) is 34.2. The first-order valence-electron chi connectivity index (χ1n) is 6.02. The molecule has 0 radical (unpaired) electrons. The highest BCUT2D eigenvalue weighted by molar-refractivity contribution is 6.30. The molecular weight excluding hydrogens is 296 g/mol. The van der Waals surface area contributed by atoms with Crippen molar-refractivity contribution >= 4 is 23.1 Å². The Morgan fingerprint density at radius 2 is 1.95 bits per heavy atom. The lowest BCUT2D eigenvalue weighted by Gasteiger charge is -2.06. The summed E-state index contributed by atoms with van der Waals surface area (Å²) in [6.45, 7) is 1.21. The maximum absolute atomic E-state index is 12.1. The number of carbonyl (C=O) groups excluding carboxylic acids is 1. The van der Waals surface area contributed by atoms with E-state index in [0.717, 1.165) is 16.8 Å². The molecule has 0 aliphatic heterocycles. The minimum absolute atomic E-state index is 0.196. The topological polar surface area (TPSA) is 82.2 Å². The Hall–Kier alpha value is -2.47. The molecular formula is C14H11ClN2O4. The summed E-state index contributed by atoms with van der Waals surface area (Å²) in [5.74, 6) is -0.327. The van der Waals surface area contributed by atoms with Gasteiger partial charge in [0.25, 0.3) is 11.2 Å². The number of Topliss-reactive ketones (excluding diaryl/α,β-unsaturated/α-hetero) is 1. The van der Waals surface area contributed by atoms with Crippen LogP contribution in [0.1, 0.15) is 15.9 Å². The van der Waals surface area contributed by atoms with Gasteiger partial charge in [-0.25, -0.2) is 0 Å². The fourth-order valence-electron chi connectivity index (χ4n) is 1.85. The van der Waals surface area contributed by atoms with Crippen molar-refractivity contribution in [1.82, 2.24) is 4.57 Å². The second kappa shape index (κ2) is 5.88. The summed E-state index contributed by atoms with van der Waals surface area (Å²) >= 11 is 5.73. The summed E-state index contributed by atoms with van der Waals surface area (Å²) in [5, 5.41) is 11.4. The van der Waals surface area contributed by atoms with Crippen LogP contribution < -0.4 is 5.56 Å². The van der Waals surface area contributed by atoms with Crippen LogP contribution in [-0.2, 0) is 6.54 Å². The van der Waals surface area contributed by atoms with Crippen LogP contribution in [0.25, 0.3) is 0 Å². The zero-order valence-corrected chi connectivity index (χ0v) is 11.8. The molecule has 1 aromatic heterocycles. The molecule has 0 N–H and O–H groups in total. The molecule has 0 atom stereocenters. The van der Waals surface area contributed by atoms with Crippen molar-refractivity contribution in [2.45, 2.75) is 13.5 Å². The van der Waals surface area contributed by atoms with Gasteiger partial charge in [-0.05, 0) is 31.2 Å². The molecule has 108 valence electrons. The fraction of sp³-hybridized carbons (Fsp3) is 0.143. The van der Waals surface area contributed by atoms with E-state index in [2.05, 4.69) is 0 Å². The lowest BCUT2D eigenvalue weighted by atomic mass is 10.1. The minimum Gasteiger partial charge on any atom is -0.301 e. The van der Waals surface area contributed by atoms with Crippen molar-refractivity contribution in [1.29, 1.82) is 0 Å². The Morgan fingerprint density at radius 3 is 2.52 bits per heavy atom. The van der Waals surface area contributed by atoms with Crippen LogP contribution in [0.5, 0.6) is 0 Å². The Morgan fingerprint density at radius 1 is 1.33 bits per heavy atom. The van der Waals surface area contributed by atoms with E-state index in [0.29, 0.717) is 10.6 Å². The second-order valence-electron chi connectivity index (χ2n) is 4.50. The Kier molecular flexibility index (Phi) is 4.18. The van der Waals surface area contributed by atoms with E-state index in [9.17, 15) is 19.7 Å². The zero-order chi connectivity index (χ0) is 15.6. The van der Waals surface area contributed by atoms with Crippen molar-refractivity contribution in [3.8, 4) is 0 Å². The van der Waals surface area contributed by atoms with Crippen molar-refractivity contribution in [3.05, 3.63) is 73.1 Å². The first-order valence-corrected chi connectivity index (χ1v) is 6.40. The van der Waals surface area contributed by atoms with Gasteiger partial charge in [-0.2, -0.15) is 0 Å². The van der Waals surface area contributed by atoms with Crippen LogP contribution >= 0.6 is 11.6 Å². The lowest BCUT2D eigenvalue weighted by Crippen LogP contribution is -2.24. The van der Waals surface area contributed by atoms with Crippen molar-refractivity contribution in [2.75, 3.05) is 0 Å². The van der Waals surface area contributed by atoms with Gasteiger partial charge in [0, 0.05) is 22.2 Å². The van der Waals surface area contributed by atoms with E-state index >= 15 is 0 Å². The van der Waals surface area contributed by atoms with Gasteiger partial charge >= 0.3 is 0 Å². The number of carbonyl (C=O) groups is 1. The Labute approximate surface area is 124 Å². The predicted molar refractivity (Wildman–Crippen MR) is 77.9 cm³/mol. The molecule has 0 amide bonds. The monoisotopic (exact) mass is 306 g/mol. The van der Waals surface area contributed by atoms with E-state index < -0.39 is 10.5 Å². The van der Waals surface area contributed by atoms with Crippen LogP contribution in [0.3, 0.4) is 0 Å². The predicted octanol–water partition coefficient (Wildman–Crippen LogP) is 2.60. The molecule has 21 heavy (non-hydrogen) atoms. The quantitative estimate of drug-likeness (QED) is 0.494. The number of hydrogen-bond acceptors (Lipinski definition) is 4. The lowest BCUT2D eigenvalue weighted by molar-refractivity contribution is -0.385. The summed E-state index contributed by atoms with van der Waals surface area (Å²) in [6, 6.07) is 7.36. The molecule has 0 fully saturated rings. The molecule has 1 heterocycles. The molecule has 0 unspecified atom stereocenters. The first kappa shape index (κ1) is 14.9. The second-order valence-corrected chi connectivity index (χ2v) is 4.93. The molecule has 0 aliphatic rings. The van der Waals surface area contributed by atoms with Crippen LogP contribution in [0.4, 0.5) is 5.69 Å². The molecule has 0 bridgehead atoms. The average Bonchev–Trinajstić information content (AvgIpc) is 2.42. The number of hydrogen-bond donors (Lipinski definition) is 0. The molecule has 0 spiro atoms. The SMILES string of the molecule is Cc1cc(=O)n(CC(=O)c2ccc(Cl)cc2)cc1[N+](=O)[O-]. The highest BCUT2D eigenvalue weighted by Gasteiger charge is 2.15. The standard InChI is InChI=1S/C14H11ClN2O4/c1-9-6-14(19)16(7-12(9)17(20)21)8-13(18)10-2-4-11(15)5-3-10/h2-7H,8H2,1H3. The zero-order valence-electron chi connectivity index (χ0n) is 11.1. The summed E-state index contributed by atoms with van der Waals surface area (Å²) in [6.07, 6.45) is 1.09. The molecule has 1 aromatic carbocycles. The van der Waals surface area contributed by atoms with E-state index in [-0.39, 0.29) is 23.6 Å². The van der Waals surface area contributed by atoms with Crippen LogP contribution in [0.15, 0.2) is 41.3 Å². The number of halogens is 1. The molecule has 0 aliphatic carbocycles. The summed E-state index contributed by atoms with van der Waals surface area (Å²) < 4.78 is 1.03. The third-order valence-electron chi connectivity index (χ3n) is 2.98. The maximum Gasteiger partial charge on any atom is 0.288 e. The van der Waals surface area contributed by atoms with Crippen LogP contribution in [-0.4, -0.2) is 15.3 Å². The number of pyridine rings is 1. The van der Waals surface area contributed by atoms with E-state index in [1.165, 1.54) is 19.1 Å². The maximum atomic E-state index is 12.1. The van der Waals surface area contributed by atoms with E-state index in [4.69, 9.17) is 11.6 Å². The van der Waals surface area contributed by atoms with Gasteiger partial charge in [0.05, 0.1) is 17.7 Å². The number of ketones is 1. The number of aromatic nitrogens is 1. The molecule has 0 saturated carbocycles. The van der Waals surface area contributed by atoms with E-state index in [1.807, 2.05) is 0 Å². The summed E-state index contributed by atoms with van der Waals surface area (Å²) in [5.41, 5.74) is -0.00589. The number of aryl methyl sites for hydroxylation is 1. The Bertz CT molecular complexity index is 766. The number of nitrogens with zero attached hydrogens (tertiary/aromatic N) is 2. The van der Waals surface area contributed by atoms with Gasteiger partial charge in [-0.1, -0.05) is 11.6 Å². The fourth-order valence-corrected chi connectivity index (χ4v) is 1.98. The number of nitro groups is 1. The molecule has 7 heteroatoms. The third kappa shape index (κ3) is 3.35. The highest BCUT2D eigenvalue weighted by Crippen LogP contribution is 2.15. The first-order chi connectivity index (χ1) is 9.88. The normalized spacial score (nSPS) is 10.4. The molecule has 0 saturated heterocycles. The average molecular weight is 307 g/mol. The Balaban J connectivity index is 2.33. The van der Waals surface area contributed by atoms with Gasteiger partial charge in [0.2, 0.25) is 0 Å². The van der Waals surface area contributed by atoms with Crippen LogP contribution in [0, 0.1) is 17.0 Å². The highest BCUT2D eigenvalue weighted by atomic mass is 35.5. The minimum atomic E-state index is -0.585. The summed E-state index contributed by atoms with van der Waals surface area (Å²) in [7, 11) is 0. The third-order valence-corrected chi connectivity index (χ3v) is 3.23. The van der Waals surface area contributed by atoms with E-state index in [1.54, 1.807) is 12.1 Å². The van der Waals surface area contributed by atoms with Crippen molar-refractivity contribution in [2.24, 2.45) is 0 Å². The van der Waals surface area contributed by atoms with Gasteiger partial charge in [0.15, 0.2) is 5.78 Å². The van der Waals surface area contributed by atoms with Crippen molar-refractivity contribution < 1.29 is 9.72 Å². The van der Waals surface area contributed by atoms with Crippen molar-refractivity contribution in [3.63, 3.8) is 0 Å². The van der Waals surface area contributed by atoms with Gasteiger partial charge in [0.1, 0.15) is 0 Å². The van der Waals surface area contributed by atoms with Gasteiger partial charge < -0.3 is 4.57 Å². The van der Waals surface area contributed by atoms with Gasteiger partial charge in [-0.15, -0.1) is 0 Å². The largest absolute Gasteiger partial charge is 0.301 e. The molecule has 2 aromatic rings. The smallest absolute Gasteiger partial charge is 0.288 e.